The molecule has 0 aliphatic heterocycles. The number of halogens is 4. The van der Waals surface area contributed by atoms with Gasteiger partial charge in [0.25, 0.3) is 0 Å². The number of aromatic nitrogens is 3. The van der Waals surface area contributed by atoms with E-state index in [1.165, 1.54) is 12.1 Å². The first-order valence-electron chi connectivity index (χ1n) is 10.7. The number of nitrogens with zero attached hydrogens (tertiary/aromatic N) is 3. The van der Waals surface area contributed by atoms with E-state index < -0.39 is 17.6 Å². The number of rotatable bonds is 11. The van der Waals surface area contributed by atoms with E-state index in [0.717, 1.165) is 41.0 Å². The minimum Gasteiger partial charge on any atom is -0.493 e. The molecule has 3 aromatic rings. The van der Waals surface area contributed by atoms with Crippen LogP contribution in [0.3, 0.4) is 0 Å². The van der Waals surface area contributed by atoms with Crippen molar-refractivity contribution in [3.8, 4) is 5.75 Å². The van der Waals surface area contributed by atoms with Crippen LogP contribution in [0, 0.1) is 6.92 Å². The molecule has 0 fully saturated rings. The van der Waals surface area contributed by atoms with Crippen LogP contribution >= 0.6 is 23.4 Å². The van der Waals surface area contributed by atoms with E-state index >= 15 is 0 Å². The highest BCUT2D eigenvalue weighted by molar-refractivity contribution is 7.99. The zero-order valence-electron chi connectivity index (χ0n) is 18.9. The summed E-state index contributed by atoms with van der Waals surface area (Å²) >= 11 is 7.11. The van der Waals surface area contributed by atoms with E-state index in [4.69, 9.17) is 16.3 Å². The van der Waals surface area contributed by atoms with Crippen molar-refractivity contribution in [3.05, 3.63) is 77.1 Å². The summed E-state index contributed by atoms with van der Waals surface area (Å²) in [7, 11) is 0. The van der Waals surface area contributed by atoms with Gasteiger partial charge in [0.1, 0.15) is 11.6 Å². The number of benzene rings is 2. The quantitative estimate of drug-likeness (QED) is 0.184. The molecule has 0 radical (unpaired) electrons. The average Bonchev–Trinajstić information content (AvgIpc) is 3.18. The van der Waals surface area contributed by atoms with Crippen molar-refractivity contribution in [1.29, 1.82) is 0 Å². The molecule has 0 bridgehead atoms. The van der Waals surface area contributed by atoms with E-state index in [-0.39, 0.29) is 11.4 Å². The highest BCUT2D eigenvalue weighted by Crippen LogP contribution is 2.30. The number of nitrogens with one attached hydrogen (secondary N) is 1. The molecule has 2 aromatic carbocycles. The normalized spacial score (nSPS) is 11.3. The Hall–Kier alpha value is -2.98. The van der Waals surface area contributed by atoms with Gasteiger partial charge in [-0.2, -0.15) is 13.2 Å². The van der Waals surface area contributed by atoms with Gasteiger partial charge in [0.05, 0.1) is 17.9 Å². The first kappa shape index (κ1) is 26.6. The van der Waals surface area contributed by atoms with Gasteiger partial charge >= 0.3 is 6.18 Å². The van der Waals surface area contributed by atoms with Crippen LogP contribution in [0.5, 0.6) is 5.75 Å². The molecule has 35 heavy (non-hydrogen) atoms. The SMILES string of the molecule is C=CCn1c(CCCOc2ccc(Cl)cc2C)nnc1SCC(=O)Nc1cccc(C(F)(F)F)c1. The third kappa shape index (κ3) is 7.76. The van der Waals surface area contributed by atoms with Gasteiger partial charge in [-0.15, -0.1) is 16.8 Å². The van der Waals surface area contributed by atoms with Crippen LogP contribution in [-0.4, -0.2) is 33.0 Å². The first-order valence-corrected chi connectivity index (χ1v) is 12.1. The van der Waals surface area contributed by atoms with E-state index in [2.05, 4.69) is 22.1 Å². The molecule has 0 aliphatic rings. The van der Waals surface area contributed by atoms with Crippen molar-refractivity contribution in [2.24, 2.45) is 0 Å². The maximum Gasteiger partial charge on any atom is 0.416 e. The van der Waals surface area contributed by atoms with Gasteiger partial charge in [0.15, 0.2) is 5.16 Å². The molecule has 1 aromatic heterocycles. The number of thioether (sulfide) groups is 1. The van der Waals surface area contributed by atoms with Crippen molar-refractivity contribution in [3.63, 3.8) is 0 Å². The number of aryl methyl sites for hydroxylation is 2. The number of amides is 1. The summed E-state index contributed by atoms with van der Waals surface area (Å²) in [6, 6.07) is 9.94. The van der Waals surface area contributed by atoms with Crippen LogP contribution in [0.25, 0.3) is 0 Å². The van der Waals surface area contributed by atoms with Crippen LogP contribution in [0.4, 0.5) is 18.9 Å². The van der Waals surface area contributed by atoms with Crippen LogP contribution in [0.2, 0.25) is 5.02 Å². The zero-order chi connectivity index (χ0) is 25.4. The lowest BCUT2D eigenvalue weighted by atomic mass is 10.2. The minimum atomic E-state index is -4.48. The maximum atomic E-state index is 12.9. The van der Waals surface area contributed by atoms with Crippen LogP contribution in [0.1, 0.15) is 23.4 Å². The average molecular weight is 525 g/mol. The van der Waals surface area contributed by atoms with Gasteiger partial charge < -0.3 is 14.6 Å². The van der Waals surface area contributed by atoms with E-state index in [9.17, 15) is 18.0 Å². The fraction of sp³-hybridized carbons (Fsp3) is 0.292. The largest absolute Gasteiger partial charge is 0.493 e. The van der Waals surface area contributed by atoms with Crippen LogP contribution in [0.15, 0.2) is 60.3 Å². The number of carbonyl (C=O) groups excluding carboxylic acids is 1. The molecule has 1 heterocycles. The molecule has 0 spiro atoms. The second-order valence-electron chi connectivity index (χ2n) is 7.58. The number of hydrogen-bond donors (Lipinski definition) is 1. The summed E-state index contributed by atoms with van der Waals surface area (Å²) in [5, 5.41) is 12.1. The molecule has 0 saturated heterocycles. The number of alkyl halides is 3. The molecule has 3 rings (SSSR count). The van der Waals surface area contributed by atoms with Crippen LogP contribution in [-0.2, 0) is 23.9 Å². The highest BCUT2D eigenvalue weighted by atomic mass is 35.5. The summed E-state index contributed by atoms with van der Waals surface area (Å²) in [6.07, 6.45) is -1.48. The second kappa shape index (κ2) is 12.1. The number of allylic oxidation sites excluding steroid dienone is 1. The number of ether oxygens (including phenoxy) is 1. The summed E-state index contributed by atoms with van der Waals surface area (Å²) in [5.74, 6) is 1.01. The number of carbonyl (C=O) groups is 1. The molecule has 0 aliphatic carbocycles. The van der Waals surface area contributed by atoms with Crippen LogP contribution < -0.4 is 10.1 Å². The maximum absolute atomic E-state index is 12.9. The predicted molar refractivity (Wildman–Crippen MR) is 131 cm³/mol. The van der Waals surface area contributed by atoms with E-state index in [0.29, 0.717) is 36.2 Å². The van der Waals surface area contributed by atoms with Crippen molar-refractivity contribution in [2.75, 3.05) is 17.7 Å². The van der Waals surface area contributed by atoms with Crippen molar-refractivity contribution >= 4 is 35.0 Å². The Morgan fingerprint density at radius 3 is 2.77 bits per heavy atom. The first-order chi connectivity index (χ1) is 16.7. The molecule has 1 N–H and O–H groups in total. The third-order valence-electron chi connectivity index (χ3n) is 4.85. The Morgan fingerprint density at radius 1 is 1.26 bits per heavy atom. The number of anilines is 1. The molecule has 0 saturated carbocycles. The van der Waals surface area contributed by atoms with Crippen molar-refractivity contribution < 1.29 is 22.7 Å². The summed E-state index contributed by atoms with van der Waals surface area (Å²) in [5.41, 5.74) is 0.206. The Bertz CT molecular complexity index is 1180. The Labute approximate surface area is 210 Å². The molecular formula is C24H24ClF3N4O2S. The minimum absolute atomic E-state index is 0.0372. The van der Waals surface area contributed by atoms with Crippen molar-refractivity contribution in [1.82, 2.24) is 14.8 Å². The second-order valence-corrected chi connectivity index (χ2v) is 8.95. The van der Waals surface area contributed by atoms with Crippen molar-refractivity contribution in [2.45, 2.75) is 37.6 Å². The van der Waals surface area contributed by atoms with Gasteiger partial charge in [-0.05, 0) is 55.3 Å². The molecule has 6 nitrogen and oxygen atoms in total. The fourth-order valence-electron chi connectivity index (χ4n) is 3.21. The van der Waals surface area contributed by atoms with E-state index in [1.54, 1.807) is 12.1 Å². The molecule has 0 unspecified atom stereocenters. The topological polar surface area (TPSA) is 69.0 Å². The predicted octanol–water partition coefficient (Wildman–Crippen LogP) is 6.19. The number of hydrogen-bond acceptors (Lipinski definition) is 5. The third-order valence-corrected chi connectivity index (χ3v) is 6.05. The Morgan fingerprint density at radius 2 is 2.06 bits per heavy atom. The molecule has 186 valence electrons. The molecule has 1 amide bonds. The smallest absolute Gasteiger partial charge is 0.416 e. The lowest BCUT2D eigenvalue weighted by Gasteiger charge is -2.11. The standard InChI is InChI=1S/C24H24ClF3N4O2S/c1-3-11-32-21(8-5-12-34-20-10-9-18(25)13-16(20)2)30-31-23(32)35-15-22(33)29-19-7-4-6-17(14-19)24(26,27)28/h3-4,6-7,9-10,13-14H,1,5,8,11-12,15H2,2H3,(H,29,33). The Kier molecular flexibility index (Phi) is 9.22. The highest BCUT2D eigenvalue weighted by Gasteiger charge is 2.30. The fourth-order valence-corrected chi connectivity index (χ4v) is 4.20. The van der Waals surface area contributed by atoms with E-state index in [1.807, 2.05) is 23.6 Å². The van der Waals surface area contributed by atoms with Gasteiger partial charge in [-0.25, -0.2) is 0 Å². The lowest BCUT2D eigenvalue weighted by Crippen LogP contribution is -2.15. The zero-order valence-corrected chi connectivity index (χ0v) is 20.5. The van der Waals surface area contributed by atoms with Gasteiger partial charge in [0.2, 0.25) is 5.91 Å². The summed E-state index contributed by atoms with van der Waals surface area (Å²) in [4.78, 5) is 12.3. The lowest BCUT2D eigenvalue weighted by molar-refractivity contribution is -0.137. The van der Waals surface area contributed by atoms with Gasteiger partial charge in [-0.1, -0.05) is 35.5 Å². The molecule has 0 atom stereocenters. The molecular weight excluding hydrogens is 501 g/mol. The summed E-state index contributed by atoms with van der Waals surface area (Å²) in [6.45, 7) is 6.62. The Balaban J connectivity index is 1.54. The van der Waals surface area contributed by atoms with Gasteiger partial charge in [0, 0.05) is 23.7 Å². The summed E-state index contributed by atoms with van der Waals surface area (Å²) < 4.78 is 46.3. The van der Waals surface area contributed by atoms with Gasteiger partial charge in [-0.3, -0.25) is 4.79 Å². The monoisotopic (exact) mass is 524 g/mol. The molecule has 11 heteroatoms.